The predicted octanol–water partition coefficient (Wildman–Crippen LogP) is 2.60. The summed E-state index contributed by atoms with van der Waals surface area (Å²) in [4.78, 5) is 33.5. The molecule has 7 nitrogen and oxygen atoms in total. The van der Waals surface area contributed by atoms with Crippen LogP contribution in [0, 0.1) is 15.9 Å². The van der Waals surface area contributed by atoms with Crippen LogP contribution in [0.4, 0.5) is 10.1 Å². The molecule has 1 aromatic rings. The van der Waals surface area contributed by atoms with Gasteiger partial charge in [-0.1, -0.05) is 11.6 Å². The molecule has 0 unspecified atom stereocenters. The normalized spacial score (nSPS) is 10.4. The SMILES string of the molecule is CCOC(=O)C(C(=O)OCC)c1cc(F)c([N+](=O)[O-])cc1Cl. The van der Waals surface area contributed by atoms with Crippen LogP contribution in [-0.2, 0) is 19.1 Å². The van der Waals surface area contributed by atoms with Crippen LogP contribution in [0.15, 0.2) is 12.1 Å². The zero-order valence-corrected chi connectivity index (χ0v) is 12.6. The molecule has 0 aliphatic carbocycles. The van der Waals surface area contributed by atoms with Crippen LogP contribution in [0.25, 0.3) is 0 Å². The van der Waals surface area contributed by atoms with Crippen LogP contribution in [0.5, 0.6) is 0 Å². The number of rotatable bonds is 6. The average molecular weight is 334 g/mol. The molecule has 0 bridgehead atoms. The Morgan fingerprint density at radius 2 is 1.77 bits per heavy atom. The number of esters is 2. The van der Waals surface area contributed by atoms with Gasteiger partial charge in [-0.2, -0.15) is 4.39 Å². The predicted molar refractivity (Wildman–Crippen MR) is 74.1 cm³/mol. The van der Waals surface area contributed by atoms with E-state index >= 15 is 0 Å². The fourth-order valence-electron chi connectivity index (χ4n) is 1.71. The highest BCUT2D eigenvalue weighted by Gasteiger charge is 2.35. The second kappa shape index (κ2) is 7.69. The number of benzene rings is 1. The third-order valence-corrected chi connectivity index (χ3v) is 2.95. The first-order chi connectivity index (χ1) is 10.3. The summed E-state index contributed by atoms with van der Waals surface area (Å²) in [6.07, 6.45) is 0. The van der Waals surface area contributed by atoms with Crippen molar-refractivity contribution >= 4 is 29.2 Å². The van der Waals surface area contributed by atoms with Crippen molar-refractivity contribution in [1.82, 2.24) is 0 Å². The molecular weight excluding hydrogens is 321 g/mol. The van der Waals surface area contributed by atoms with Crippen LogP contribution >= 0.6 is 11.6 Å². The molecule has 120 valence electrons. The Morgan fingerprint density at radius 3 is 2.18 bits per heavy atom. The van der Waals surface area contributed by atoms with E-state index in [1.54, 1.807) is 0 Å². The first-order valence-electron chi connectivity index (χ1n) is 6.30. The Hall–Kier alpha value is -2.22. The van der Waals surface area contributed by atoms with E-state index in [1.807, 2.05) is 0 Å². The fourth-order valence-corrected chi connectivity index (χ4v) is 1.98. The van der Waals surface area contributed by atoms with Crippen LogP contribution in [0.2, 0.25) is 5.02 Å². The van der Waals surface area contributed by atoms with Gasteiger partial charge in [0.05, 0.1) is 23.2 Å². The van der Waals surface area contributed by atoms with E-state index in [4.69, 9.17) is 21.1 Å². The molecule has 0 aliphatic heterocycles. The number of carbonyl (C=O) groups is 2. The summed E-state index contributed by atoms with van der Waals surface area (Å²) in [6.45, 7) is 3.03. The van der Waals surface area contributed by atoms with Crippen LogP contribution < -0.4 is 0 Å². The highest BCUT2D eigenvalue weighted by atomic mass is 35.5. The minimum absolute atomic E-state index is 0.0121. The molecule has 0 amide bonds. The first-order valence-corrected chi connectivity index (χ1v) is 6.67. The third-order valence-electron chi connectivity index (χ3n) is 2.62. The van der Waals surface area contributed by atoms with Crippen molar-refractivity contribution < 1.29 is 28.4 Å². The van der Waals surface area contributed by atoms with Gasteiger partial charge in [0.2, 0.25) is 5.82 Å². The quantitative estimate of drug-likeness (QED) is 0.343. The van der Waals surface area contributed by atoms with Gasteiger partial charge in [0.15, 0.2) is 5.92 Å². The number of hydrogen-bond acceptors (Lipinski definition) is 6. The number of carbonyl (C=O) groups excluding carboxylic acids is 2. The molecule has 0 heterocycles. The zero-order valence-electron chi connectivity index (χ0n) is 11.8. The van der Waals surface area contributed by atoms with Crippen LogP contribution in [0.1, 0.15) is 25.3 Å². The second-order valence-corrected chi connectivity index (χ2v) is 4.43. The van der Waals surface area contributed by atoms with E-state index in [-0.39, 0.29) is 23.8 Å². The number of ether oxygens (including phenoxy) is 2. The van der Waals surface area contributed by atoms with Crippen molar-refractivity contribution in [3.63, 3.8) is 0 Å². The summed E-state index contributed by atoms with van der Waals surface area (Å²) >= 11 is 5.84. The third kappa shape index (κ3) is 3.91. The molecule has 1 aromatic carbocycles. The molecule has 0 aliphatic rings. The van der Waals surface area contributed by atoms with Gasteiger partial charge in [-0.05, 0) is 25.5 Å². The highest BCUT2D eigenvalue weighted by molar-refractivity contribution is 6.32. The summed E-state index contributed by atoms with van der Waals surface area (Å²) in [6, 6.07) is 1.40. The number of nitro groups is 1. The van der Waals surface area contributed by atoms with Crippen molar-refractivity contribution in [3.8, 4) is 0 Å². The molecule has 0 atom stereocenters. The highest BCUT2D eigenvalue weighted by Crippen LogP contribution is 2.32. The van der Waals surface area contributed by atoms with E-state index in [0.29, 0.717) is 6.07 Å². The lowest BCUT2D eigenvalue weighted by Crippen LogP contribution is -2.26. The fraction of sp³-hybridized carbons (Fsp3) is 0.385. The summed E-state index contributed by atoms with van der Waals surface area (Å²) in [7, 11) is 0. The summed E-state index contributed by atoms with van der Waals surface area (Å²) in [5.41, 5.74) is -1.11. The Morgan fingerprint density at radius 1 is 1.27 bits per heavy atom. The molecule has 0 fully saturated rings. The Bertz CT molecular complexity index is 588. The van der Waals surface area contributed by atoms with E-state index in [1.165, 1.54) is 13.8 Å². The summed E-state index contributed by atoms with van der Waals surface area (Å²) in [5.74, 6) is -4.78. The average Bonchev–Trinajstić information content (AvgIpc) is 2.42. The van der Waals surface area contributed by atoms with E-state index in [9.17, 15) is 24.1 Å². The topological polar surface area (TPSA) is 95.7 Å². The van der Waals surface area contributed by atoms with Crippen LogP contribution in [-0.4, -0.2) is 30.1 Å². The number of halogens is 2. The van der Waals surface area contributed by atoms with Crippen molar-refractivity contribution in [2.45, 2.75) is 19.8 Å². The largest absolute Gasteiger partial charge is 0.465 e. The van der Waals surface area contributed by atoms with Crippen LogP contribution in [0.3, 0.4) is 0 Å². The van der Waals surface area contributed by atoms with Gasteiger partial charge in [-0.3, -0.25) is 19.7 Å². The molecule has 22 heavy (non-hydrogen) atoms. The van der Waals surface area contributed by atoms with Gasteiger partial charge < -0.3 is 9.47 Å². The van der Waals surface area contributed by atoms with Crippen molar-refractivity contribution in [2.24, 2.45) is 0 Å². The Kier molecular flexibility index (Phi) is 6.24. The standard InChI is InChI=1S/C13H13ClFNO6/c1-3-21-12(17)11(13(18)22-4-2)7-5-9(15)10(16(19)20)6-8(7)14/h5-6,11H,3-4H2,1-2H3. The van der Waals surface area contributed by atoms with Gasteiger partial charge in [-0.15, -0.1) is 0 Å². The van der Waals surface area contributed by atoms with Gasteiger partial charge >= 0.3 is 17.6 Å². The first kappa shape index (κ1) is 17.8. The number of nitrogens with zero attached hydrogens (tertiary/aromatic N) is 1. The van der Waals surface area contributed by atoms with Crippen molar-refractivity contribution in [1.29, 1.82) is 0 Å². The summed E-state index contributed by atoms with van der Waals surface area (Å²) < 4.78 is 23.2. The number of hydrogen-bond donors (Lipinski definition) is 0. The molecule has 0 aromatic heterocycles. The monoisotopic (exact) mass is 333 g/mol. The van der Waals surface area contributed by atoms with Gasteiger partial charge in [0, 0.05) is 6.07 Å². The molecule has 0 spiro atoms. The molecule has 9 heteroatoms. The number of nitro benzene ring substituents is 1. The second-order valence-electron chi connectivity index (χ2n) is 4.02. The molecule has 0 radical (unpaired) electrons. The lowest BCUT2D eigenvalue weighted by Gasteiger charge is -2.16. The van der Waals surface area contributed by atoms with E-state index < -0.39 is 34.3 Å². The van der Waals surface area contributed by atoms with Crippen molar-refractivity contribution in [3.05, 3.63) is 38.7 Å². The lowest BCUT2D eigenvalue weighted by atomic mass is 9.98. The minimum atomic E-state index is -1.61. The molecular formula is C13H13ClFNO6. The van der Waals surface area contributed by atoms with Gasteiger partial charge in [0.1, 0.15) is 0 Å². The lowest BCUT2D eigenvalue weighted by molar-refractivity contribution is -0.387. The molecule has 1 rings (SSSR count). The van der Waals surface area contributed by atoms with Gasteiger partial charge in [0.25, 0.3) is 0 Å². The van der Waals surface area contributed by atoms with E-state index in [2.05, 4.69) is 0 Å². The molecule has 0 N–H and O–H groups in total. The maximum absolute atomic E-state index is 13.7. The molecule has 0 saturated heterocycles. The smallest absolute Gasteiger partial charge is 0.324 e. The molecule has 0 saturated carbocycles. The summed E-state index contributed by atoms with van der Waals surface area (Å²) in [5, 5.41) is 10.3. The van der Waals surface area contributed by atoms with E-state index in [0.717, 1.165) is 6.07 Å². The maximum Gasteiger partial charge on any atom is 0.324 e. The Labute approximate surface area is 130 Å². The van der Waals surface area contributed by atoms with Gasteiger partial charge in [-0.25, -0.2) is 0 Å². The minimum Gasteiger partial charge on any atom is -0.465 e. The maximum atomic E-state index is 13.7. The Balaban J connectivity index is 3.36. The zero-order chi connectivity index (χ0) is 16.9. The van der Waals surface area contributed by atoms with Crippen molar-refractivity contribution in [2.75, 3.05) is 13.2 Å².